The van der Waals surface area contributed by atoms with Gasteiger partial charge in [0.15, 0.2) is 0 Å². The van der Waals surface area contributed by atoms with Crippen LogP contribution in [0.5, 0.6) is 6.01 Å². The fourth-order valence-electron chi connectivity index (χ4n) is 3.32. The van der Waals surface area contributed by atoms with Crippen LogP contribution in [0.4, 0.5) is 14.6 Å². The highest BCUT2D eigenvalue weighted by molar-refractivity contribution is 5.94. The molecule has 0 spiro atoms. The molecule has 0 bridgehead atoms. The van der Waals surface area contributed by atoms with Crippen molar-refractivity contribution in [2.75, 3.05) is 5.32 Å². The second kappa shape index (κ2) is 10.4. The number of aromatic nitrogens is 4. The van der Waals surface area contributed by atoms with Crippen LogP contribution in [-0.2, 0) is 16.1 Å². The Bertz CT molecular complexity index is 1510. The van der Waals surface area contributed by atoms with Crippen LogP contribution < -0.4 is 10.1 Å². The van der Waals surface area contributed by atoms with Gasteiger partial charge in [0, 0.05) is 5.56 Å². The number of aryl methyl sites for hydroxylation is 1. The van der Waals surface area contributed by atoms with Gasteiger partial charge in [0.2, 0.25) is 5.88 Å². The highest BCUT2D eigenvalue weighted by atomic mass is 19.3. The first-order valence-corrected chi connectivity index (χ1v) is 11.1. The van der Waals surface area contributed by atoms with E-state index in [4.69, 9.17) is 9.26 Å². The Balaban J connectivity index is 1.53. The number of carbonyl (C=O) groups excluding carboxylic acids is 1. The second-order valence-corrected chi connectivity index (χ2v) is 7.80. The molecular formula is C26H23F2N5O4. The standard InChI is InChI=1S/C26H23F2N5O4/c1-5-10-19(6-2)36-26(27,28)24(34)31-22-14-9-11-18(29-22)15-35-25-30-20-12-7-8-13-21(20)33(25)23-16(3)17(4)32-37-23/h5-14H,1-2,15H2,3-4H3,(H,29,31,34)/b19-10+. The maximum Gasteiger partial charge on any atom is 0.482 e. The van der Waals surface area contributed by atoms with E-state index in [0.717, 1.165) is 28.9 Å². The van der Waals surface area contributed by atoms with Crippen LogP contribution in [0.2, 0.25) is 0 Å². The molecular weight excluding hydrogens is 484 g/mol. The van der Waals surface area contributed by atoms with Gasteiger partial charge in [-0.1, -0.05) is 42.6 Å². The van der Waals surface area contributed by atoms with Crippen molar-refractivity contribution < 1.29 is 27.6 Å². The van der Waals surface area contributed by atoms with Crippen molar-refractivity contribution in [1.29, 1.82) is 0 Å². The van der Waals surface area contributed by atoms with E-state index >= 15 is 0 Å². The van der Waals surface area contributed by atoms with Crippen LogP contribution in [0.25, 0.3) is 16.9 Å². The number of allylic oxidation sites excluding steroid dienone is 3. The molecule has 0 aliphatic carbocycles. The molecule has 3 aromatic heterocycles. The van der Waals surface area contributed by atoms with Gasteiger partial charge in [-0.25, -0.2) is 9.55 Å². The van der Waals surface area contributed by atoms with Crippen LogP contribution in [-0.4, -0.2) is 31.7 Å². The van der Waals surface area contributed by atoms with Crippen molar-refractivity contribution in [2.24, 2.45) is 0 Å². The van der Waals surface area contributed by atoms with E-state index < -0.39 is 12.0 Å². The lowest BCUT2D eigenvalue weighted by molar-refractivity contribution is -0.207. The summed E-state index contributed by atoms with van der Waals surface area (Å²) in [6.07, 6.45) is -0.752. The van der Waals surface area contributed by atoms with Crippen LogP contribution in [0, 0.1) is 13.8 Å². The lowest BCUT2D eigenvalue weighted by Crippen LogP contribution is -2.37. The number of pyridine rings is 1. The third-order valence-corrected chi connectivity index (χ3v) is 5.26. The quantitative estimate of drug-likeness (QED) is 0.226. The third kappa shape index (κ3) is 5.40. The highest BCUT2D eigenvalue weighted by Gasteiger charge is 2.42. The van der Waals surface area contributed by atoms with Crippen LogP contribution >= 0.6 is 0 Å². The number of fused-ring (bicyclic) bond motifs is 1. The molecule has 4 rings (SSSR count). The van der Waals surface area contributed by atoms with Crippen LogP contribution in [0.15, 0.2) is 84.1 Å². The summed E-state index contributed by atoms with van der Waals surface area (Å²) in [7, 11) is 0. The van der Waals surface area contributed by atoms with Gasteiger partial charge in [0.25, 0.3) is 0 Å². The zero-order valence-electron chi connectivity index (χ0n) is 20.1. The van der Waals surface area contributed by atoms with Crippen LogP contribution in [0.1, 0.15) is 17.0 Å². The molecule has 11 heteroatoms. The van der Waals surface area contributed by atoms with E-state index in [9.17, 15) is 13.6 Å². The lowest BCUT2D eigenvalue weighted by Gasteiger charge is -2.17. The average molecular weight is 507 g/mol. The van der Waals surface area contributed by atoms with Gasteiger partial charge in [0.1, 0.15) is 18.2 Å². The summed E-state index contributed by atoms with van der Waals surface area (Å²) in [5.74, 6) is -1.67. The van der Waals surface area contributed by atoms with E-state index in [0.29, 0.717) is 17.1 Å². The number of rotatable bonds is 10. The Kier molecular flexibility index (Phi) is 7.14. The van der Waals surface area contributed by atoms with Crippen LogP contribution in [0.3, 0.4) is 0 Å². The number of hydrogen-bond acceptors (Lipinski definition) is 7. The summed E-state index contributed by atoms with van der Waals surface area (Å²) in [4.78, 5) is 20.9. The first kappa shape index (κ1) is 25.3. The molecule has 1 amide bonds. The molecule has 0 unspecified atom stereocenters. The van der Waals surface area contributed by atoms with Gasteiger partial charge in [-0.3, -0.25) is 4.79 Å². The molecule has 1 aromatic carbocycles. The number of alkyl halides is 2. The fourth-order valence-corrected chi connectivity index (χ4v) is 3.32. The Morgan fingerprint density at radius 2 is 1.95 bits per heavy atom. The van der Waals surface area contributed by atoms with Crippen molar-refractivity contribution in [2.45, 2.75) is 26.6 Å². The number of amides is 1. The number of benzene rings is 1. The summed E-state index contributed by atoms with van der Waals surface area (Å²) in [6.45, 7) is 10.4. The molecule has 9 nitrogen and oxygen atoms in total. The minimum absolute atomic E-state index is 0.0746. The maximum absolute atomic E-state index is 14.2. The number of halogens is 2. The van der Waals surface area contributed by atoms with E-state index in [1.165, 1.54) is 12.1 Å². The molecule has 37 heavy (non-hydrogen) atoms. The van der Waals surface area contributed by atoms with Crippen molar-refractivity contribution in [3.8, 4) is 11.9 Å². The van der Waals surface area contributed by atoms with Crippen molar-refractivity contribution in [3.05, 3.63) is 96.6 Å². The Hall–Kier alpha value is -4.80. The number of hydrogen-bond donors (Lipinski definition) is 1. The zero-order chi connectivity index (χ0) is 26.6. The zero-order valence-corrected chi connectivity index (χ0v) is 20.1. The van der Waals surface area contributed by atoms with Crippen molar-refractivity contribution in [1.82, 2.24) is 19.7 Å². The summed E-state index contributed by atoms with van der Waals surface area (Å²) in [6, 6.07) is 12.1. The summed E-state index contributed by atoms with van der Waals surface area (Å²) >= 11 is 0. The molecule has 0 atom stereocenters. The number of imidazole rings is 1. The summed E-state index contributed by atoms with van der Waals surface area (Å²) < 4.78 is 46.1. The molecule has 3 heterocycles. The number of carbonyl (C=O) groups is 1. The van der Waals surface area contributed by atoms with Crippen molar-refractivity contribution in [3.63, 3.8) is 0 Å². The molecule has 0 fully saturated rings. The molecule has 0 saturated heterocycles. The minimum Gasteiger partial charge on any atom is -0.458 e. The Morgan fingerprint density at radius 1 is 1.16 bits per heavy atom. The summed E-state index contributed by atoms with van der Waals surface area (Å²) in [5.41, 5.74) is 3.32. The first-order chi connectivity index (χ1) is 17.7. The lowest BCUT2D eigenvalue weighted by atomic mass is 10.2. The van der Waals surface area contributed by atoms with E-state index in [2.05, 4.69) is 33.0 Å². The molecule has 0 saturated carbocycles. The fraction of sp³-hybridized carbons (Fsp3) is 0.154. The Labute approximate surface area is 210 Å². The summed E-state index contributed by atoms with van der Waals surface area (Å²) in [5, 5.41) is 6.06. The van der Waals surface area contributed by atoms with E-state index in [1.54, 1.807) is 16.7 Å². The molecule has 1 N–H and O–H groups in total. The number of nitrogens with zero attached hydrogens (tertiary/aromatic N) is 4. The number of nitrogens with one attached hydrogen (secondary N) is 1. The van der Waals surface area contributed by atoms with Gasteiger partial charge in [-0.05, 0) is 50.3 Å². The van der Waals surface area contributed by atoms with Gasteiger partial charge < -0.3 is 19.3 Å². The average Bonchev–Trinajstić information content (AvgIpc) is 3.41. The largest absolute Gasteiger partial charge is 0.482 e. The van der Waals surface area contributed by atoms with Crippen molar-refractivity contribution >= 4 is 22.8 Å². The number of ether oxygens (including phenoxy) is 2. The van der Waals surface area contributed by atoms with E-state index in [-0.39, 0.29) is 24.2 Å². The molecule has 0 aliphatic heterocycles. The smallest absolute Gasteiger partial charge is 0.458 e. The van der Waals surface area contributed by atoms with Gasteiger partial charge >= 0.3 is 18.0 Å². The first-order valence-electron chi connectivity index (χ1n) is 11.1. The maximum atomic E-state index is 14.2. The van der Waals surface area contributed by atoms with Gasteiger partial charge in [-0.2, -0.15) is 13.8 Å². The Morgan fingerprint density at radius 3 is 2.65 bits per heavy atom. The SMILES string of the molecule is C=C/C=C(\C=C)OC(F)(F)C(=O)Nc1cccc(COc2nc3ccccc3n2-c2onc(C)c2C)n1. The monoisotopic (exact) mass is 507 g/mol. The molecule has 0 aliphatic rings. The van der Waals surface area contributed by atoms with Gasteiger partial charge in [0.05, 0.1) is 22.4 Å². The van der Waals surface area contributed by atoms with Gasteiger partial charge in [-0.15, -0.1) is 0 Å². The normalized spacial score (nSPS) is 11.8. The van der Waals surface area contributed by atoms with E-state index in [1.807, 2.05) is 43.4 Å². The molecule has 4 aromatic rings. The number of anilines is 1. The topological polar surface area (TPSA) is 104 Å². The molecule has 190 valence electrons. The highest BCUT2D eigenvalue weighted by Crippen LogP contribution is 2.29. The predicted octanol–water partition coefficient (Wildman–Crippen LogP) is 5.41. The molecule has 0 radical (unpaired) electrons. The second-order valence-electron chi connectivity index (χ2n) is 7.80. The minimum atomic E-state index is -4.17. The third-order valence-electron chi connectivity index (χ3n) is 5.26. The number of para-hydroxylation sites is 2. The predicted molar refractivity (Wildman–Crippen MR) is 132 cm³/mol.